The minimum atomic E-state index is -1.37. The number of nitrogens with two attached hydrogens (primary N) is 1. The first-order valence-corrected chi connectivity index (χ1v) is 32.4. The van der Waals surface area contributed by atoms with Crippen molar-refractivity contribution in [2.75, 3.05) is 38.5 Å². The first-order valence-electron chi connectivity index (χ1n) is 31.5. The molecule has 0 radical (unpaired) electrons. The number of likely N-dealkylation sites (tertiary alicyclic amines) is 1. The number of hydrogen-bond acceptors (Lipinski definition) is 15. The number of amides is 10. The van der Waals surface area contributed by atoms with Crippen LogP contribution >= 0.6 is 11.3 Å². The van der Waals surface area contributed by atoms with Gasteiger partial charge in [0.25, 0.3) is 17.7 Å². The molecule has 6 rings (SSSR count). The minimum absolute atomic E-state index is 0.0759. The summed E-state index contributed by atoms with van der Waals surface area (Å²) in [5, 5.41) is 28.8. The molecule has 90 heavy (non-hydrogen) atoms. The summed E-state index contributed by atoms with van der Waals surface area (Å²) >= 11 is 1.14. The van der Waals surface area contributed by atoms with E-state index >= 15 is 0 Å². The van der Waals surface area contributed by atoms with Crippen LogP contribution in [0.2, 0.25) is 0 Å². The second kappa shape index (κ2) is 34.2. The van der Waals surface area contributed by atoms with E-state index in [1.807, 2.05) is 70.2 Å². The number of carboxylic acid groups (broad SMARTS) is 1. The van der Waals surface area contributed by atoms with Gasteiger partial charge in [0.05, 0.1) is 12.0 Å². The number of carbonyl (C=O) groups excluding carboxylic acids is 10. The molecular weight excluding hydrogens is 1170 g/mol. The molecule has 9 N–H and O–H groups in total. The topological polar surface area (TPSA) is 338 Å². The SMILES string of the molecule is CCC(C)C(NC(=O)C1CCCCN1Cc1ccc(NC(=O)C(CCCNC(N)=O)NC(=O)C2(C(=O)NCCCCCN3C(=O)C=CC3=O)CCC2)cc1)C(=O)N(C)C(CC(OC(C)=O)c1nc(C(=O)NC(Cc2ccccc2)CC(C)C(=O)O)cs1)C(C)C. The number of nitrogens with zero attached hydrogens (tertiary/aromatic N) is 4. The third kappa shape index (κ3) is 20.2. The van der Waals surface area contributed by atoms with Gasteiger partial charge < -0.3 is 52.4 Å². The fourth-order valence-corrected chi connectivity index (χ4v) is 12.5. The normalized spacial score (nSPS) is 17.7. The van der Waals surface area contributed by atoms with Crippen LogP contribution in [0.1, 0.15) is 164 Å². The molecule has 1 aliphatic carbocycles. The smallest absolute Gasteiger partial charge is 0.312 e. The predicted octanol–water partition coefficient (Wildman–Crippen LogP) is 5.91. The van der Waals surface area contributed by atoms with Crippen molar-refractivity contribution in [3.8, 4) is 0 Å². The standard InChI is InChI=1S/C65H91N11O13S/c1-8-41(4)55(60(83)74(7)51(40(2)3)37-52(89-43(6)77)59-71-49(39-90-59)57(81)70-47(35-42(5)61(84)85)36-44-19-11-9-12-20-44)73-58(82)50-22-13-16-33-75(50)38-45-23-25-46(26-24-45)69-56(80)48(21-17-32-68-64(66)88)72-63(87)65(29-18-30-65)62(86)67-31-14-10-15-34-76-53(78)27-28-54(76)79/h9,11-12,19-20,23-28,39-42,47-48,50-52,55H,8,10,13-18,21-22,29-38H2,1-7H3,(H,67,86)(H,69,80)(H,70,81)(H,72,87)(H,73,82)(H,84,85)(H3,66,68,88). The molecule has 1 aromatic heterocycles. The number of urea groups is 1. The van der Waals surface area contributed by atoms with Crippen LogP contribution in [0.25, 0.3) is 0 Å². The summed E-state index contributed by atoms with van der Waals surface area (Å²) < 4.78 is 5.86. The minimum Gasteiger partial charge on any atom is -0.481 e. The number of imide groups is 1. The average molecular weight is 1270 g/mol. The van der Waals surface area contributed by atoms with Crippen molar-refractivity contribution < 1.29 is 62.6 Å². The maximum atomic E-state index is 14.8. The van der Waals surface area contributed by atoms with Gasteiger partial charge in [-0.1, -0.05) is 96.3 Å². The number of anilines is 1. The monoisotopic (exact) mass is 1270 g/mol. The quantitative estimate of drug-likeness (QED) is 0.0147. The van der Waals surface area contributed by atoms with Crippen LogP contribution in [0.15, 0.2) is 72.1 Å². The zero-order chi connectivity index (χ0) is 65.7. The lowest BCUT2D eigenvalue weighted by atomic mass is 9.67. The number of aliphatic carboxylic acids is 1. The summed E-state index contributed by atoms with van der Waals surface area (Å²) in [6.07, 6.45) is 8.39. The van der Waals surface area contributed by atoms with Crippen LogP contribution in [-0.2, 0) is 60.9 Å². The number of benzene rings is 2. The van der Waals surface area contributed by atoms with Gasteiger partial charge in [-0.25, -0.2) is 9.78 Å². The third-order valence-corrected chi connectivity index (χ3v) is 18.3. The van der Waals surface area contributed by atoms with Gasteiger partial charge in [0.1, 0.15) is 28.2 Å². The Labute approximate surface area is 531 Å². The van der Waals surface area contributed by atoms with Gasteiger partial charge in [-0.15, -0.1) is 11.3 Å². The van der Waals surface area contributed by atoms with E-state index in [-0.39, 0.29) is 86.5 Å². The zero-order valence-electron chi connectivity index (χ0n) is 52.9. The average Bonchev–Trinajstić information content (AvgIpc) is 1.23. The number of esters is 1. The van der Waals surface area contributed by atoms with Crippen molar-refractivity contribution >= 4 is 82.3 Å². The molecule has 3 aliphatic rings. The molecule has 3 aromatic rings. The van der Waals surface area contributed by atoms with Crippen molar-refractivity contribution in [1.82, 2.24) is 46.3 Å². The molecule has 8 unspecified atom stereocenters. The number of aromatic nitrogens is 1. The summed E-state index contributed by atoms with van der Waals surface area (Å²) in [5.41, 5.74) is 6.19. The number of piperidine rings is 1. The van der Waals surface area contributed by atoms with Crippen molar-refractivity contribution in [1.29, 1.82) is 0 Å². The number of likely N-dealkylation sites (N-methyl/N-ethyl adjacent to an activating group) is 1. The van der Waals surface area contributed by atoms with E-state index in [0.29, 0.717) is 81.6 Å². The Kier molecular flexibility index (Phi) is 27.0. The number of carboxylic acids is 1. The number of ether oxygens (including phenoxy) is 1. The van der Waals surface area contributed by atoms with E-state index in [1.165, 1.54) is 19.1 Å². The van der Waals surface area contributed by atoms with Crippen LogP contribution < -0.4 is 37.6 Å². The molecule has 1 saturated heterocycles. The molecule has 10 amide bonds. The highest BCUT2D eigenvalue weighted by Gasteiger charge is 2.51. The second-order valence-electron chi connectivity index (χ2n) is 24.4. The molecule has 24 nitrogen and oxygen atoms in total. The second-order valence-corrected chi connectivity index (χ2v) is 25.3. The van der Waals surface area contributed by atoms with E-state index in [2.05, 4.69) is 41.8 Å². The molecule has 2 aliphatic heterocycles. The van der Waals surface area contributed by atoms with Gasteiger partial charge >= 0.3 is 18.0 Å². The van der Waals surface area contributed by atoms with Crippen molar-refractivity contribution in [3.63, 3.8) is 0 Å². The molecule has 0 bridgehead atoms. The molecule has 1 saturated carbocycles. The van der Waals surface area contributed by atoms with Crippen molar-refractivity contribution in [2.45, 2.75) is 181 Å². The molecule has 2 fully saturated rings. The maximum absolute atomic E-state index is 14.8. The Balaban J connectivity index is 1.07. The van der Waals surface area contributed by atoms with Gasteiger partial charge in [-0.3, -0.25) is 57.7 Å². The van der Waals surface area contributed by atoms with E-state index in [4.69, 9.17) is 10.5 Å². The zero-order valence-corrected chi connectivity index (χ0v) is 53.7. The highest BCUT2D eigenvalue weighted by molar-refractivity contribution is 7.09. The highest BCUT2D eigenvalue weighted by Crippen LogP contribution is 2.42. The molecule has 490 valence electrons. The lowest BCUT2D eigenvalue weighted by Crippen LogP contribution is -2.58. The fraction of sp³-hybridized carbons (Fsp3) is 0.569. The number of nitrogens with one attached hydrogen (secondary N) is 6. The van der Waals surface area contributed by atoms with Crippen molar-refractivity contribution in [3.05, 3.63) is 94.0 Å². The van der Waals surface area contributed by atoms with Crippen LogP contribution in [-0.4, -0.2) is 153 Å². The Bertz CT molecular complexity index is 3010. The largest absolute Gasteiger partial charge is 0.481 e. The number of primary amides is 1. The van der Waals surface area contributed by atoms with Crippen LogP contribution in [0, 0.1) is 23.2 Å². The predicted molar refractivity (Wildman–Crippen MR) is 338 cm³/mol. The van der Waals surface area contributed by atoms with Crippen molar-refractivity contribution in [2.24, 2.45) is 28.9 Å². The lowest BCUT2D eigenvalue weighted by molar-refractivity contribution is -0.151. The Hall–Kier alpha value is -8.06. The van der Waals surface area contributed by atoms with Crippen LogP contribution in [0.3, 0.4) is 0 Å². The Morgan fingerprint density at radius 2 is 1.51 bits per heavy atom. The molecule has 2 aromatic carbocycles. The summed E-state index contributed by atoms with van der Waals surface area (Å²) in [7, 11) is 1.68. The molecule has 8 atom stereocenters. The van der Waals surface area contributed by atoms with E-state index in [9.17, 15) is 57.8 Å². The Morgan fingerprint density at radius 3 is 2.13 bits per heavy atom. The van der Waals surface area contributed by atoms with Gasteiger partial charge in [0.15, 0.2) is 6.10 Å². The highest BCUT2D eigenvalue weighted by atomic mass is 32.1. The summed E-state index contributed by atoms with van der Waals surface area (Å²) in [6, 6.07) is 12.2. The first-order chi connectivity index (χ1) is 42.9. The van der Waals surface area contributed by atoms with E-state index in [1.54, 1.807) is 36.4 Å². The van der Waals surface area contributed by atoms with Gasteiger partial charge in [-0.2, -0.15) is 0 Å². The van der Waals surface area contributed by atoms with Gasteiger partial charge in [0, 0.05) is 81.9 Å². The molecule has 3 heterocycles. The van der Waals surface area contributed by atoms with Crippen LogP contribution in [0.5, 0.6) is 0 Å². The fourth-order valence-electron chi connectivity index (χ4n) is 11.6. The number of thiazole rings is 1. The number of unbranched alkanes of at least 4 members (excludes halogenated alkanes) is 2. The molecular formula is C65H91N11O13S. The van der Waals surface area contributed by atoms with E-state index < -0.39 is 89.2 Å². The van der Waals surface area contributed by atoms with Crippen LogP contribution in [0.4, 0.5) is 10.5 Å². The summed E-state index contributed by atoms with van der Waals surface area (Å²) in [4.78, 5) is 154. The Morgan fingerprint density at radius 1 is 0.822 bits per heavy atom. The van der Waals surface area contributed by atoms with Gasteiger partial charge in [-0.05, 0) is 112 Å². The van der Waals surface area contributed by atoms with E-state index in [0.717, 1.165) is 40.2 Å². The molecule has 0 spiro atoms. The number of carbonyl (C=O) groups is 11. The number of rotatable bonds is 35. The summed E-state index contributed by atoms with van der Waals surface area (Å²) in [5.74, 6) is -6.10. The van der Waals surface area contributed by atoms with Gasteiger partial charge in [0.2, 0.25) is 29.5 Å². The first kappa shape index (κ1) is 71.0. The molecule has 25 heteroatoms. The summed E-state index contributed by atoms with van der Waals surface area (Å²) in [6.45, 7) is 12.3. The lowest BCUT2D eigenvalue weighted by Gasteiger charge is -2.39. The number of hydrogen-bond donors (Lipinski definition) is 8. The third-order valence-electron chi connectivity index (χ3n) is 17.3. The maximum Gasteiger partial charge on any atom is 0.312 e.